The van der Waals surface area contributed by atoms with E-state index in [4.69, 9.17) is 21.1 Å². The maximum absolute atomic E-state index is 10.7. The molecule has 4 heteroatoms. The van der Waals surface area contributed by atoms with E-state index in [0.717, 1.165) is 16.7 Å². The van der Waals surface area contributed by atoms with E-state index < -0.39 is 6.10 Å². The molecule has 0 radical (unpaired) electrons. The summed E-state index contributed by atoms with van der Waals surface area (Å²) < 4.78 is 11.1. The zero-order valence-electron chi connectivity index (χ0n) is 12.0. The van der Waals surface area contributed by atoms with E-state index in [1.165, 1.54) is 0 Å². The minimum atomic E-state index is -0.784. The zero-order valence-corrected chi connectivity index (χ0v) is 12.8. The molecule has 0 saturated carbocycles. The van der Waals surface area contributed by atoms with Crippen LogP contribution in [-0.4, -0.2) is 18.3 Å². The molecule has 0 aromatic heterocycles. The number of aryl methyl sites for hydroxylation is 1. The predicted octanol–water partition coefficient (Wildman–Crippen LogP) is 3.81. The number of rotatable bonds is 2. The Morgan fingerprint density at radius 3 is 2.43 bits per heavy atom. The second-order valence-electron chi connectivity index (χ2n) is 5.21. The molecule has 2 aromatic carbocycles. The molecule has 21 heavy (non-hydrogen) atoms. The largest absolute Gasteiger partial charge is 0.486 e. The van der Waals surface area contributed by atoms with Crippen molar-refractivity contribution < 1.29 is 14.6 Å². The second-order valence-corrected chi connectivity index (χ2v) is 5.62. The Labute approximate surface area is 129 Å². The molecule has 1 heterocycles. The Morgan fingerprint density at radius 2 is 1.71 bits per heavy atom. The SMILES string of the molecule is Cc1cccc(C(O)c2cc3c(cc2Cl)OCCO3)c1C. The fourth-order valence-corrected chi connectivity index (χ4v) is 2.78. The fourth-order valence-electron chi connectivity index (χ4n) is 2.53. The number of fused-ring (bicyclic) bond motifs is 1. The van der Waals surface area contributed by atoms with E-state index in [2.05, 4.69) is 0 Å². The molecule has 1 aliphatic heterocycles. The lowest BCUT2D eigenvalue weighted by molar-refractivity contribution is 0.169. The average Bonchev–Trinajstić information content (AvgIpc) is 2.48. The van der Waals surface area contributed by atoms with E-state index in [0.29, 0.717) is 35.3 Å². The van der Waals surface area contributed by atoms with Gasteiger partial charge < -0.3 is 14.6 Å². The van der Waals surface area contributed by atoms with Crippen molar-refractivity contribution >= 4 is 11.6 Å². The highest BCUT2D eigenvalue weighted by Crippen LogP contribution is 2.39. The van der Waals surface area contributed by atoms with Crippen LogP contribution >= 0.6 is 11.6 Å². The Hall–Kier alpha value is -1.71. The summed E-state index contributed by atoms with van der Waals surface area (Å²) >= 11 is 6.30. The number of halogens is 1. The van der Waals surface area contributed by atoms with Gasteiger partial charge in [0.2, 0.25) is 0 Å². The van der Waals surface area contributed by atoms with Gasteiger partial charge in [0.25, 0.3) is 0 Å². The first-order valence-electron chi connectivity index (χ1n) is 6.91. The number of benzene rings is 2. The summed E-state index contributed by atoms with van der Waals surface area (Å²) in [5.74, 6) is 1.26. The highest BCUT2D eigenvalue weighted by Gasteiger charge is 2.21. The van der Waals surface area contributed by atoms with Crippen molar-refractivity contribution in [2.75, 3.05) is 13.2 Å². The molecule has 0 aliphatic carbocycles. The molecule has 1 aliphatic rings. The molecule has 110 valence electrons. The van der Waals surface area contributed by atoms with Crippen molar-refractivity contribution in [3.05, 3.63) is 57.6 Å². The van der Waals surface area contributed by atoms with Gasteiger partial charge in [0.05, 0.1) is 5.02 Å². The molecule has 0 amide bonds. The highest BCUT2D eigenvalue weighted by atomic mass is 35.5. The van der Waals surface area contributed by atoms with Crippen LogP contribution in [0.3, 0.4) is 0 Å². The first-order valence-corrected chi connectivity index (χ1v) is 7.29. The van der Waals surface area contributed by atoms with E-state index in [9.17, 15) is 5.11 Å². The van der Waals surface area contributed by atoms with Crippen molar-refractivity contribution in [1.82, 2.24) is 0 Å². The van der Waals surface area contributed by atoms with E-state index in [-0.39, 0.29) is 0 Å². The topological polar surface area (TPSA) is 38.7 Å². The molecule has 0 fully saturated rings. The molecule has 0 saturated heterocycles. The van der Waals surface area contributed by atoms with Crippen molar-refractivity contribution in [1.29, 1.82) is 0 Å². The molecular formula is C17H17ClO3. The molecule has 3 nitrogen and oxygen atoms in total. The number of hydrogen-bond donors (Lipinski definition) is 1. The van der Waals surface area contributed by atoms with Gasteiger partial charge in [0.1, 0.15) is 19.3 Å². The standard InChI is InChI=1S/C17H17ClO3/c1-10-4-3-5-12(11(10)2)17(19)13-8-15-16(9-14(13)18)21-7-6-20-15/h3-5,8-9,17,19H,6-7H2,1-2H3. The smallest absolute Gasteiger partial charge is 0.162 e. The molecule has 1 N–H and O–H groups in total. The van der Waals surface area contributed by atoms with Crippen LogP contribution < -0.4 is 9.47 Å². The number of aliphatic hydroxyl groups is 1. The van der Waals surface area contributed by atoms with Gasteiger partial charge in [0.15, 0.2) is 11.5 Å². The van der Waals surface area contributed by atoms with Crippen molar-refractivity contribution in [3.63, 3.8) is 0 Å². The van der Waals surface area contributed by atoms with Crippen LogP contribution in [0.5, 0.6) is 11.5 Å². The molecule has 3 rings (SSSR count). The van der Waals surface area contributed by atoms with Gasteiger partial charge in [-0.15, -0.1) is 0 Å². The van der Waals surface area contributed by atoms with Crippen molar-refractivity contribution in [3.8, 4) is 11.5 Å². The number of ether oxygens (including phenoxy) is 2. The molecule has 0 bridgehead atoms. The third kappa shape index (κ3) is 2.59. The van der Waals surface area contributed by atoms with E-state index in [1.807, 2.05) is 32.0 Å². The van der Waals surface area contributed by atoms with Gasteiger partial charge in [-0.3, -0.25) is 0 Å². The van der Waals surface area contributed by atoms with Gasteiger partial charge in [-0.25, -0.2) is 0 Å². The summed E-state index contributed by atoms with van der Waals surface area (Å²) in [6.45, 7) is 5.05. The van der Waals surface area contributed by atoms with Crippen LogP contribution in [0.2, 0.25) is 5.02 Å². The Balaban J connectivity index is 2.05. The average molecular weight is 305 g/mol. The second kappa shape index (κ2) is 5.58. The van der Waals surface area contributed by atoms with Crippen molar-refractivity contribution in [2.24, 2.45) is 0 Å². The monoisotopic (exact) mass is 304 g/mol. The third-order valence-corrected chi connectivity index (χ3v) is 4.22. The summed E-state index contributed by atoms with van der Waals surface area (Å²) in [4.78, 5) is 0. The first kappa shape index (κ1) is 14.2. The normalized spacial score (nSPS) is 14.9. The highest BCUT2D eigenvalue weighted by molar-refractivity contribution is 6.31. The maximum Gasteiger partial charge on any atom is 0.162 e. The van der Waals surface area contributed by atoms with Gasteiger partial charge in [0, 0.05) is 11.6 Å². The summed E-state index contributed by atoms with van der Waals surface area (Å²) in [5.41, 5.74) is 3.69. The number of aliphatic hydroxyl groups excluding tert-OH is 1. The van der Waals surface area contributed by atoms with E-state index in [1.54, 1.807) is 12.1 Å². The van der Waals surface area contributed by atoms with Crippen molar-refractivity contribution in [2.45, 2.75) is 20.0 Å². The molecule has 0 spiro atoms. The molecule has 2 aromatic rings. The van der Waals surface area contributed by atoms with Gasteiger partial charge in [-0.2, -0.15) is 0 Å². The lowest BCUT2D eigenvalue weighted by atomic mass is 9.94. The first-order chi connectivity index (χ1) is 10.1. The Kier molecular flexibility index (Phi) is 3.79. The van der Waals surface area contributed by atoms with Crippen LogP contribution in [-0.2, 0) is 0 Å². The molecule has 1 atom stereocenters. The number of hydrogen-bond acceptors (Lipinski definition) is 3. The Bertz CT molecular complexity index is 682. The van der Waals surface area contributed by atoms with Crippen LogP contribution in [0.25, 0.3) is 0 Å². The minimum Gasteiger partial charge on any atom is -0.486 e. The van der Waals surface area contributed by atoms with Crippen LogP contribution in [0.4, 0.5) is 0 Å². The van der Waals surface area contributed by atoms with Gasteiger partial charge in [-0.05, 0) is 36.6 Å². The van der Waals surface area contributed by atoms with E-state index >= 15 is 0 Å². The minimum absolute atomic E-state index is 0.479. The predicted molar refractivity (Wildman–Crippen MR) is 82.4 cm³/mol. The molecular weight excluding hydrogens is 288 g/mol. The lowest BCUT2D eigenvalue weighted by Gasteiger charge is -2.22. The van der Waals surface area contributed by atoms with Crippen LogP contribution in [0.15, 0.2) is 30.3 Å². The lowest BCUT2D eigenvalue weighted by Crippen LogP contribution is -2.16. The summed E-state index contributed by atoms with van der Waals surface area (Å²) in [5, 5.41) is 11.2. The van der Waals surface area contributed by atoms with Gasteiger partial charge in [-0.1, -0.05) is 29.8 Å². The van der Waals surface area contributed by atoms with Crippen LogP contribution in [0.1, 0.15) is 28.4 Å². The summed E-state index contributed by atoms with van der Waals surface area (Å²) in [7, 11) is 0. The van der Waals surface area contributed by atoms with Crippen LogP contribution in [0, 0.1) is 13.8 Å². The third-order valence-electron chi connectivity index (χ3n) is 3.90. The summed E-state index contributed by atoms with van der Waals surface area (Å²) in [6.07, 6.45) is -0.784. The fraction of sp³-hybridized carbons (Fsp3) is 0.294. The zero-order chi connectivity index (χ0) is 15.0. The maximum atomic E-state index is 10.7. The quantitative estimate of drug-likeness (QED) is 0.917. The Morgan fingerprint density at radius 1 is 1.05 bits per heavy atom. The molecule has 1 unspecified atom stereocenters. The van der Waals surface area contributed by atoms with Gasteiger partial charge >= 0.3 is 0 Å². The summed E-state index contributed by atoms with van der Waals surface area (Å²) in [6, 6.07) is 9.35.